The number of hydrogen-bond donors (Lipinski definition) is 3. The highest BCUT2D eigenvalue weighted by molar-refractivity contribution is 5.99. The van der Waals surface area contributed by atoms with Crippen molar-refractivity contribution in [1.29, 1.82) is 0 Å². The Kier molecular flexibility index (Phi) is 11.0. The van der Waals surface area contributed by atoms with Crippen LogP contribution in [-0.4, -0.2) is 17.7 Å². The van der Waals surface area contributed by atoms with Crippen LogP contribution in [0.2, 0.25) is 0 Å². The molecular formula is C37H59N3O3. The van der Waals surface area contributed by atoms with E-state index in [-0.39, 0.29) is 46.3 Å². The number of benzene rings is 1. The van der Waals surface area contributed by atoms with Crippen molar-refractivity contribution in [3.63, 3.8) is 0 Å². The number of anilines is 3. The average molecular weight is 594 g/mol. The molecule has 6 heteroatoms. The number of rotatable bonds is 7. The Morgan fingerprint density at radius 1 is 0.535 bits per heavy atom. The monoisotopic (exact) mass is 593 g/mol. The largest absolute Gasteiger partial charge is 0.326 e. The van der Waals surface area contributed by atoms with E-state index in [1.165, 1.54) is 6.42 Å². The van der Waals surface area contributed by atoms with E-state index < -0.39 is 0 Å². The fourth-order valence-corrected chi connectivity index (χ4v) is 7.85. The van der Waals surface area contributed by atoms with Gasteiger partial charge in [-0.05, 0) is 124 Å². The summed E-state index contributed by atoms with van der Waals surface area (Å²) >= 11 is 0. The predicted octanol–water partition coefficient (Wildman–Crippen LogP) is 9.42. The third-order valence-corrected chi connectivity index (χ3v) is 11.2. The molecule has 3 amide bonds. The van der Waals surface area contributed by atoms with Gasteiger partial charge in [-0.1, -0.05) is 54.9 Å². The molecule has 3 aliphatic carbocycles. The van der Waals surface area contributed by atoms with Crippen molar-refractivity contribution in [3.05, 3.63) is 18.2 Å². The molecule has 0 bridgehead atoms. The van der Waals surface area contributed by atoms with Crippen molar-refractivity contribution in [2.24, 2.45) is 46.3 Å². The van der Waals surface area contributed by atoms with E-state index in [0.29, 0.717) is 28.9 Å². The van der Waals surface area contributed by atoms with E-state index in [4.69, 9.17) is 0 Å². The van der Waals surface area contributed by atoms with E-state index in [2.05, 4.69) is 64.4 Å². The van der Waals surface area contributed by atoms with E-state index in [1.54, 1.807) is 0 Å². The van der Waals surface area contributed by atoms with Gasteiger partial charge >= 0.3 is 0 Å². The molecule has 1 aromatic rings. The van der Waals surface area contributed by atoms with Crippen LogP contribution < -0.4 is 16.0 Å². The van der Waals surface area contributed by atoms with Crippen LogP contribution >= 0.6 is 0 Å². The molecule has 6 nitrogen and oxygen atoms in total. The molecule has 3 aliphatic rings. The first-order chi connectivity index (χ1) is 20.2. The second kappa shape index (κ2) is 14.2. The quantitative estimate of drug-likeness (QED) is 0.294. The molecule has 0 heterocycles. The van der Waals surface area contributed by atoms with Crippen LogP contribution in [0.3, 0.4) is 0 Å². The smallest absolute Gasteiger partial charge is 0.227 e. The third-order valence-electron chi connectivity index (χ3n) is 11.2. The second-order valence-electron chi connectivity index (χ2n) is 16.2. The summed E-state index contributed by atoms with van der Waals surface area (Å²) in [6.45, 7) is 16.0. The SMILES string of the molecule is CC[C@H]1CC[C@@H](C(=O)Nc2cc(NC(=O)C3CCC(C(C)(C)C)CC3)cc(NC(=O)[C@H]3CC[C@H](C(C)(C)C)CC3)c2)CC1. The predicted molar refractivity (Wildman–Crippen MR) is 178 cm³/mol. The fourth-order valence-electron chi connectivity index (χ4n) is 7.85. The van der Waals surface area contributed by atoms with Crippen LogP contribution in [0.4, 0.5) is 17.1 Å². The van der Waals surface area contributed by atoms with Crippen LogP contribution in [0.25, 0.3) is 0 Å². The van der Waals surface area contributed by atoms with Gasteiger partial charge in [-0.3, -0.25) is 14.4 Å². The van der Waals surface area contributed by atoms with Gasteiger partial charge in [-0.15, -0.1) is 0 Å². The Labute approximate surface area is 261 Å². The van der Waals surface area contributed by atoms with Gasteiger partial charge in [0.25, 0.3) is 0 Å². The second-order valence-corrected chi connectivity index (χ2v) is 16.2. The Morgan fingerprint density at radius 2 is 0.814 bits per heavy atom. The summed E-state index contributed by atoms with van der Waals surface area (Å²) in [5.41, 5.74) is 2.42. The first-order valence-corrected chi connectivity index (χ1v) is 17.3. The number of nitrogens with one attached hydrogen (secondary N) is 3. The van der Waals surface area contributed by atoms with Crippen molar-refractivity contribution in [2.45, 2.75) is 132 Å². The van der Waals surface area contributed by atoms with E-state index in [9.17, 15) is 14.4 Å². The lowest BCUT2D eigenvalue weighted by Gasteiger charge is -2.36. The molecule has 43 heavy (non-hydrogen) atoms. The van der Waals surface area contributed by atoms with E-state index >= 15 is 0 Å². The Morgan fingerprint density at radius 3 is 1.07 bits per heavy atom. The highest BCUT2D eigenvalue weighted by atomic mass is 16.2. The number of amides is 3. The van der Waals surface area contributed by atoms with E-state index in [1.807, 2.05) is 18.2 Å². The first kappa shape index (κ1) is 33.5. The van der Waals surface area contributed by atoms with Gasteiger partial charge in [0.2, 0.25) is 17.7 Å². The highest BCUT2D eigenvalue weighted by Crippen LogP contribution is 2.41. The maximum Gasteiger partial charge on any atom is 0.227 e. The molecule has 0 aliphatic heterocycles. The molecule has 0 radical (unpaired) electrons. The first-order valence-electron chi connectivity index (χ1n) is 17.3. The minimum Gasteiger partial charge on any atom is -0.326 e. The van der Waals surface area contributed by atoms with Crippen LogP contribution in [0.5, 0.6) is 0 Å². The Bertz CT molecular complexity index is 1040. The zero-order valence-corrected chi connectivity index (χ0v) is 28.1. The van der Waals surface area contributed by atoms with Crippen LogP contribution in [0, 0.1) is 46.3 Å². The van der Waals surface area contributed by atoms with Gasteiger partial charge < -0.3 is 16.0 Å². The normalized spacial score (nSPS) is 28.5. The molecule has 4 rings (SSSR count). The molecule has 3 fully saturated rings. The Hall–Kier alpha value is -2.37. The van der Waals surface area contributed by atoms with Crippen LogP contribution in [0.15, 0.2) is 18.2 Å². The van der Waals surface area contributed by atoms with Gasteiger partial charge in [0, 0.05) is 34.8 Å². The molecule has 240 valence electrons. The van der Waals surface area contributed by atoms with Crippen LogP contribution in [-0.2, 0) is 14.4 Å². The molecule has 0 unspecified atom stereocenters. The van der Waals surface area contributed by atoms with Gasteiger partial charge in [0.05, 0.1) is 0 Å². The lowest BCUT2D eigenvalue weighted by molar-refractivity contribution is -0.122. The minimum absolute atomic E-state index is 0.00934. The minimum atomic E-state index is -0.0124. The van der Waals surface area contributed by atoms with Crippen molar-refractivity contribution in [3.8, 4) is 0 Å². The van der Waals surface area contributed by atoms with Crippen molar-refractivity contribution in [2.75, 3.05) is 16.0 Å². The molecule has 0 aromatic heterocycles. The maximum atomic E-state index is 13.4. The zero-order valence-electron chi connectivity index (χ0n) is 28.1. The Balaban J connectivity index is 1.45. The summed E-state index contributed by atoms with van der Waals surface area (Å²) in [6, 6.07) is 5.54. The van der Waals surface area contributed by atoms with Crippen molar-refractivity contribution in [1.82, 2.24) is 0 Å². The van der Waals surface area contributed by atoms with Gasteiger partial charge in [-0.2, -0.15) is 0 Å². The van der Waals surface area contributed by atoms with Crippen molar-refractivity contribution < 1.29 is 14.4 Å². The molecular weight excluding hydrogens is 534 g/mol. The summed E-state index contributed by atoms with van der Waals surface area (Å²) in [5, 5.41) is 9.43. The van der Waals surface area contributed by atoms with Gasteiger partial charge in [-0.25, -0.2) is 0 Å². The topological polar surface area (TPSA) is 87.3 Å². The average Bonchev–Trinajstić information content (AvgIpc) is 2.96. The molecule has 1 aromatic carbocycles. The standard InChI is InChI=1S/C37H59N3O3/c1-8-24-9-11-25(12-10-24)33(41)38-30-21-31(39-34(42)26-13-17-28(18-14-26)36(2,3)4)23-32(22-30)40-35(43)27-15-19-29(20-16-27)37(5,6)7/h21-29H,8-20H2,1-7H3,(H,38,41)(H,39,42)(H,40,43)/t24-,25+,26-,27?,28-,29?. The summed E-state index contributed by atoms with van der Waals surface area (Å²) in [5.74, 6) is 2.10. The molecule has 3 N–H and O–H groups in total. The highest BCUT2D eigenvalue weighted by Gasteiger charge is 2.34. The summed E-state index contributed by atoms with van der Waals surface area (Å²) < 4.78 is 0. The van der Waals surface area contributed by atoms with Crippen molar-refractivity contribution >= 4 is 34.8 Å². The fraction of sp³-hybridized carbons (Fsp3) is 0.757. The molecule has 0 spiro atoms. The van der Waals surface area contributed by atoms with E-state index in [0.717, 1.165) is 83.0 Å². The number of carbonyl (C=O) groups is 3. The number of hydrogen-bond acceptors (Lipinski definition) is 3. The summed E-state index contributed by atoms with van der Waals surface area (Å²) in [6.07, 6.45) is 13.0. The molecule has 3 saturated carbocycles. The summed E-state index contributed by atoms with van der Waals surface area (Å²) in [7, 11) is 0. The lowest BCUT2D eigenvalue weighted by atomic mass is 9.69. The number of carbonyl (C=O) groups excluding carboxylic acids is 3. The molecule has 0 atom stereocenters. The van der Waals surface area contributed by atoms with Gasteiger partial charge in [0.1, 0.15) is 0 Å². The summed E-state index contributed by atoms with van der Waals surface area (Å²) in [4.78, 5) is 40.0. The zero-order chi connectivity index (χ0) is 31.4. The lowest BCUT2D eigenvalue weighted by Crippen LogP contribution is -2.32. The maximum absolute atomic E-state index is 13.4. The van der Waals surface area contributed by atoms with Crippen LogP contribution in [0.1, 0.15) is 132 Å². The van der Waals surface area contributed by atoms with Gasteiger partial charge in [0.15, 0.2) is 0 Å². The molecule has 0 saturated heterocycles. The third kappa shape index (κ3) is 9.31.